The van der Waals surface area contributed by atoms with E-state index >= 15 is 0 Å². The zero-order valence-corrected chi connectivity index (χ0v) is 11.8. The van der Waals surface area contributed by atoms with Gasteiger partial charge >= 0.3 is 0 Å². The molecule has 2 heterocycles. The number of halogens is 1. The van der Waals surface area contributed by atoms with E-state index < -0.39 is 0 Å². The van der Waals surface area contributed by atoms with Crippen LogP contribution >= 0.6 is 0 Å². The SMILES string of the molecule is NCC1CCCN(Cc2nc(-c3ccc(F)cc3)no2)C1. The molecule has 1 unspecified atom stereocenters. The molecule has 1 aromatic carbocycles. The average Bonchev–Trinajstić information content (AvgIpc) is 2.96. The van der Waals surface area contributed by atoms with Gasteiger partial charge in [-0.3, -0.25) is 4.90 Å². The van der Waals surface area contributed by atoms with Gasteiger partial charge in [-0.05, 0) is 56.1 Å². The van der Waals surface area contributed by atoms with Gasteiger partial charge in [0.05, 0.1) is 6.54 Å². The van der Waals surface area contributed by atoms with Crippen molar-refractivity contribution < 1.29 is 8.91 Å². The zero-order chi connectivity index (χ0) is 14.7. The highest BCUT2D eigenvalue weighted by Crippen LogP contribution is 2.19. The summed E-state index contributed by atoms with van der Waals surface area (Å²) >= 11 is 0. The van der Waals surface area contributed by atoms with Crippen molar-refractivity contribution in [3.05, 3.63) is 36.0 Å². The van der Waals surface area contributed by atoms with Gasteiger partial charge in [0.2, 0.25) is 11.7 Å². The molecule has 21 heavy (non-hydrogen) atoms. The van der Waals surface area contributed by atoms with E-state index in [1.807, 2.05) is 0 Å². The lowest BCUT2D eigenvalue weighted by Crippen LogP contribution is -2.37. The zero-order valence-electron chi connectivity index (χ0n) is 11.8. The second kappa shape index (κ2) is 6.32. The molecular weight excluding hydrogens is 271 g/mol. The highest BCUT2D eigenvalue weighted by Gasteiger charge is 2.20. The molecule has 0 aliphatic carbocycles. The molecular formula is C15H19FN4O. The maximum Gasteiger partial charge on any atom is 0.241 e. The normalized spacial score (nSPS) is 19.8. The molecule has 2 N–H and O–H groups in total. The number of hydrogen-bond acceptors (Lipinski definition) is 5. The van der Waals surface area contributed by atoms with Gasteiger partial charge in [0, 0.05) is 12.1 Å². The molecule has 2 aromatic rings. The van der Waals surface area contributed by atoms with Crippen LogP contribution in [0.4, 0.5) is 4.39 Å². The summed E-state index contributed by atoms with van der Waals surface area (Å²) in [6, 6.07) is 6.08. The number of piperidine rings is 1. The van der Waals surface area contributed by atoms with Crippen molar-refractivity contribution >= 4 is 0 Å². The van der Waals surface area contributed by atoms with Crippen molar-refractivity contribution in [1.82, 2.24) is 15.0 Å². The lowest BCUT2D eigenvalue weighted by molar-refractivity contribution is 0.153. The molecule has 1 aliphatic heterocycles. The molecule has 0 bridgehead atoms. The highest BCUT2D eigenvalue weighted by atomic mass is 19.1. The third-order valence-corrected chi connectivity index (χ3v) is 3.87. The van der Waals surface area contributed by atoms with Gasteiger partial charge in [0.1, 0.15) is 5.82 Å². The van der Waals surface area contributed by atoms with E-state index in [1.165, 1.54) is 18.6 Å². The summed E-state index contributed by atoms with van der Waals surface area (Å²) in [5.74, 6) is 1.37. The standard InChI is InChI=1S/C15H19FN4O/c16-13-5-3-12(4-6-13)15-18-14(21-19-15)10-20-7-1-2-11(8-17)9-20/h3-6,11H,1-2,7-10,17H2. The number of hydrogen-bond donors (Lipinski definition) is 1. The van der Waals surface area contributed by atoms with Crippen LogP contribution < -0.4 is 5.73 Å². The van der Waals surface area contributed by atoms with E-state index in [0.717, 1.165) is 31.6 Å². The van der Waals surface area contributed by atoms with Crippen molar-refractivity contribution in [2.24, 2.45) is 11.7 Å². The fraction of sp³-hybridized carbons (Fsp3) is 0.467. The van der Waals surface area contributed by atoms with E-state index in [-0.39, 0.29) is 5.82 Å². The summed E-state index contributed by atoms with van der Waals surface area (Å²) in [7, 11) is 0. The first-order valence-electron chi connectivity index (χ1n) is 7.25. The summed E-state index contributed by atoms with van der Waals surface area (Å²) in [5, 5.41) is 3.96. The van der Waals surface area contributed by atoms with Crippen LogP contribution in [0.15, 0.2) is 28.8 Å². The van der Waals surface area contributed by atoms with E-state index in [2.05, 4.69) is 15.0 Å². The first-order chi connectivity index (χ1) is 10.2. The highest BCUT2D eigenvalue weighted by molar-refractivity contribution is 5.53. The van der Waals surface area contributed by atoms with E-state index in [9.17, 15) is 4.39 Å². The Kier molecular flexibility index (Phi) is 4.26. The topological polar surface area (TPSA) is 68.2 Å². The number of nitrogens with two attached hydrogens (primary N) is 1. The third-order valence-electron chi connectivity index (χ3n) is 3.87. The minimum Gasteiger partial charge on any atom is -0.338 e. The van der Waals surface area contributed by atoms with Crippen molar-refractivity contribution in [1.29, 1.82) is 0 Å². The summed E-state index contributed by atoms with van der Waals surface area (Å²) in [4.78, 5) is 6.68. The molecule has 0 saturated carbocycles. The Bertz CT molecular complexity index is 584. The Labute approximate surface area is 122 Å². The summed E-state index contributed by atoms with van der Waals surface area (Å²) < 4.78 is 18.2. The number of likely N-dealkylation sites (tertiary alicyclic amines) is 1. The Morgan fingerprint density at radius 2 is 2.14 bits per heavy atom. The molecule has 112 valence electrons. The maximum absolute atomic E-state index is 12.9. The van der Waals surface area contributed by atoms with Gasteiger partial charge in [-0.25, -0.2) is 4.39 Å². The number of benzene rings is 1. The lowest BCUT2D eigenvalue weighted by Gasteiger charge is -2.30. The smallest absolute Gasteiger partial charge is 0.241 e. The van der Waals surface area contributed by atoms with Crippen molar-refractivity contribution in [2.45, 2.75) is 19.4 Å². The Morgan fingerprint density at radius 3 is 2.90 bits per heavy atom. The van der Waals surface area contributed by atoms with E-state index in [0.29, 0.717) is 24.2 Å². The molecule has 0 amide bonds. The Morgan fingerprint density at radius 1 is 1.33 bits per heavy atom. The molecule has 0 spiro atoms. The molecule has 1 aliphatic rings. The minimum absolute atomic E-state index is 0.274. The van der Waals surface area contributed by atoms with Crippen LogP contribution in [-0.2, 0) is 6.54 Å². The number of aromatic nitrogens is 2. The van der Waals surface area contributed by atoms with Gasteiger partial charge in [-0.1, -0.05) is 5.16 Å². The van der Waals surface area contributed by atoms with E-state index in [1.54, 1.807) is 12.1 Å². The first kappa shape index (κ1) is 14.2. The van der Waals surface area contributed by atoms with Crippen LogP contribution in [0.3, 0.4) is 0 Å². The van der Waals surface area contributed by atoms with Gasteiger partial charge in [0.15, 0.2) is 0 Å². The second-order valence-corrected chi connectivity index (χ2v) is 5.50. The molecule has 1 atom stereocenters. The second-order valence-electron chi connectivity index (χ2n) is 5.50. The molecule has 5 nitrogen and oxygen atoms in total. The van der Waals surface area contributed by atoms with Crippen LogP contribution in [-0.4, -0.2) is 34.7 Å². The molecule has 6 heteroatoms. The molecule has 0 radical (unpaired) electrons. The lowest BCUT2D eigenvalue weighted by atomic mass is 9.98. The average molecular weight is 290 g/mol. The maximum atomic E-state index is 12.9. The molecule has 3 rings (SSSR count). The summed E-state index contributed by atoms with van der Waals surface area (Å²) in [6.45, 7) is 3.38. The molecule has 1 fully saturated rings. The van der Waals surface area contributed by atoms with E-state index in [4.69, 9.17) is 10.3 Å². The fourth-order valence-corrected chi connectivity index (χ4v) is 2.71. The first-order valence-corrected chi connectivity index (χ1v) is 7.25. The van der Waals surface area contributed by atoms with Crippen LogP contribution in [0.2, 0.25) is 0 Å². The Hall–Kier alpha value is -1.79. The molecule has 1 aromatic heterocycles. The molecule has 1 saturated heterocycles. The van der Waals surface area contributed by atoms with Crippen LogP contribution in [0.1, 0.15) is 18.7 Å². The van der Waals surface area contributed by atoms with Crippen molar-refractivity contribution in [3.63, 3.8) is 0 Å². The van der Waals surface area contributed by atoms with Crippen molar-refractivity contribution in [2.75, 3.05) is 19.6 Å². The van der Waals surface area contributed by atoms with Gasteiger partial charge in [-0.15, -0.1) is 0 Å². The predicted molar refractivity (Wildman–Crippen MR) is 76.7 cm³/mol. The fourth-order valence-electron chi connectivity index (χ4n) is 2.71. The van der Waals surface area contributed by atoms with Gasteiger partial charge < -0.3 is 10.3 Å². The van der Waals surface area contributed by atoms with Crippen LogP contribution in [0, 0.1) is 11.7 Å². The van der Waals surface area contributed by atoms with Gasteiger partial charge in [-0.2, -0.15) is 4.98 Å². The van der Waals surface area contributed by atoms with Gasteiger partial charge in [0.25, 0.3) is 0 Å². The summed E-state index contributed by atoms with van der Waals surface area (Å²) in [6.07, 6.45) is 2.35. The third kappa shape index (κ3) is 3.46. The number of rotatable bonds is 4. The number of nitrogens with zero attached hydrogens (tertiary/aromatic N) is 3. The minimum atomic E-state index is -0.274. The van der Waals surface area contributed by atoms with Crippen LogP contribution in [0.25, 0.3) is 11.4 Å². The summed E-state index contributed by atoms with van der Waals surface area (Å²) in [5.41, 5.74) is 6.50. The monoisotopic (exact) mass is 290 g/mol. The van der Waals surface area contributed by atoms with Crippen LogP contribution in [0.5, 0.6) is 0 Å². The predicted octanol–water partition coefficient (Wildman–Crippen LogP) is 2.05. The largest absolute Gasteiger partial charge is 0.338 e. The van der Waals surface area contributed by atoms with Crippen molar-refractivity contribution in [3.8, 4) is 11.4 Å². The Balaban J connectivity index is 1.66. The quantitative estimate of drug-likeness (QED) is 0.933.